The molecule has 29 heavy (non-hydrogen) atoms. The molecule has 0 fully saturated rings. The van der Waals surface area contributed by atoms with Crippen LogP contribution in [0, 0.1) is 6.42 Å². The Morgan fingerprint density at radius 1 is 0.586 bits per heavy atom. The van der Waals surface area contributed by atoms with Crippen LogP contribution in [0.4, 0.5) is 0 Å². The van der Waals surface area contributed by atoms with E-state index in [1.807, 2.05) is 0 Å². The van der Waals surface area contributed by atoms with E-state index in [4.69, 9.17) is 9.47 Å². The second-order valence-electron chi connectivity index (χ2n) is 7.75. The van der Waals surface area contributed by atoms with Gasteiger partial charge in [-0.15, -0.1) is 0 Å². The minimum absolute atomic E-state index is 0. The van der Waals surface area contributed by atoms with Gasteiger partial charge in [0.1, 0.15) is 0 Å². The minimum atomic E-state index is -0.410. The normalized spacial score (nSPS) is 10.3. The molecule has 0 atom stereocenters. The fourth-order valence-corrected chi connectivity index (χ4v) is 3.12. The van der Waals surface area contributed by atoms with E-state index >= 15 is 0 Å². The molecule has 4 nitrogen and oxygen atoms in total. The van der Waals surface area contributed by atoms with E-state index in [9.17, 15) is 9.59 Å². The fraction of sp³-hybridized carbons (Fsp3) is 0.875. The fourth-order valence-electron chi connectivity index (χ4n) is 3.12. The van der Waals surface area contributed by atoms with Crippen molar-refractivity contribution in [1.29, 1.82) is 0 Å². The zero-order valence-electron chi connectivity index (χ0n) is 19.6. The van der Waals surface area contributed by atoms with Crippen LogP contribution in [0.3, 0.4) is 0 Å². The molecule has 0 rings (SSSR count). The second-order valence-corrected chi connectivity index (χ2v) is 7.75. The van der Waals surface area contributed by atoms with Gasteiger partial charge in [0, 0.05) is 0 Å². The van der Waals surface area contributed by atoms with E-state index in [1.54, 1.807) is 0 Å². The Bertz CT molecular complexity index is 327. The Morgan fingerprint density at radius 3 is 1.41 bits per heavy atom. The topological polar surface area (TPSA) is 52.6 Å². The van der Waals surface area contributed by atoms with Gasteiger partial charge < -0.3 is 9.47 Å². The van der Waals surface area contributed by atoms with Crippen LogP contribution < -0.4 is 29.6 Å². The molecule has 0 aromatic rings. The van der Waals surface area contributed by atoms with Crippen LogP contribution in [0.1, 0.15) is 123 Å². The Kier molecular flexibility index (Phi) is 27.6. The van der Waals surface area contributed by atoms with Gasteiger partial charge in [-0.3, -0.25) is 16.0 Å². The van der Waals surface area contributed by atoms with Gasteiger partial charge in [0.05, 0.1) is 13.2 Å². The number of ether oxygens (including phenoxy) is 2. The first-order chi connectivity index (χ1) is 13.7. The van der Waals surface area contributed by atoms with Crippen molar-refractivity contribution in [1.82, 2.24) is 0 Å². The third-order valence-electron chi connectivity index (χ3n) is 4.94. The van der Waals surface area contributed by atoms with Gasteiger partial charge in [-0.25, -0.2) is 0 Å². The Hall–Kier alpha value is -0.190. The summed E-state index contributed by atoms with van der Waals surface area (Å²) in [5.41, 5.74) is 0. The second kappa shape index (κ2) is 25.8. The van der Waals surface area contributed by atoms with Crippen LogP contribution in [0.5, 0.6) is 0 Å². The summed E-state index contributed by atoms with van der Waals surface area (Å²) in [7, 11) is 0. The van der Waals surface area contributed by atoms with Gasteiger partial charge in [0.2, 0.25) is 0 Å². The summed E-state index contributed by atoms with van der Waals surface area (Å²) in [6.07, 6.45) is 20.7. The van der Waals surface area contributed by atoms with Crippen LogP contribution in [-0.2, 0) is 19.1 Å². The molecule has 0 saturated heterocycles. The molecule has 0 unspecified atom stereocenters. The quantitative estimate of drug-likeness (QED) is 0.122. The van der Waals surface area contributed by atoms with E-state index in [1.165, 1.54) is 83.5 Å². The van der Waals surface area contributed by atoms with Crippen LogP contribution in [0.15, 0.2) is 0 Å². The first kappa shape index (κ1) is 31.0. The molecule has 0 aliphatic rings. The zero-order chi connectivity index (χ0) is 20.7. The van der Waals surface area contributed by atoms with E-state index in [2.05, 4.69) is 13.8 Å². The summed E-state index contributed by atoms with van der Waals surface area (Å²) < 4.78 is 10.3. The average molecular weight is 421 g/mol. The van der Waals surface area contributed by atoms with E-state index in [0.717, 1.165) is 25.7 Å². The molecular formula is C24H45NaO4. The van der Waals surface area contributed by atoms with Crippen molar-refractivity contribution in [2.45, 2.75) is 123 Å². The molecule has 0 aliphatic carbocycles. The molecule has 0 amide bonds. The van der Waals surface area contributed by atoms with E-state index in [0.29, 0.717) is 13.2 Å². The predicted molar refractivity (Wildman–Crippen MR) is 116 cm³/mol. The molecule has 0 aliphatic heterocycles. The number of hydrogen-bond donors (Lipinski definition) is 0. The Balaban J connectivity index is 0. The third kappa shape index (κ3) is 25.8. The number of hydrogen-bond acceptors (Lipinski definition) is 4. The molecule has 0 radical (unpaired) electrons. The van der Waals surface area contributed by atoms with Crippen LogP contribution in [-0.4, -0.2) is 25.2 Å². The van der Waals surface area contributed by atoms with Crippen LogP contribution in [0.25, 0.3) is 0 Å². The number of rotatable bonds is 21. The minimum Gasteiger partial charge on any atom is -0.488 e. The van der Waals surface area contributed by atoms with Crippen molar-refractivity contribution in [3.05, 3.63) is 6.42 Å². The van der Waals surface area contributed by atoms with Crippen molar-refractivity contribution in [3.8, 4) is 0 Å². The summed E-state index contributed by atoms with van der Waals surface area (Å²) in [4.78, 5) is 23.2. The number of esters is 2. The third-order valence-corrected chi connectivity index (χ3v) is 4.94. The van der Waals surface area contributed by atoms with Crippen molar-refractivity contribution >= 4 is 11.9 Å². The molecule has 0 aromatic carbocycles. The molecule has 0 bridgehead atoms. The van der Waals surface area contributed by atoms with E-state index in [-0.39, 0.29) is 41.9 Å². The molecular weight excluding hydrogens is 375 g/mol. The maximum atomic E-state index is 11.6. The largest absolute Gasteiger partial charge is 1.00 e. The van der Waals surface area contributed by atoms with Crippen molar-refractivity contribution in [2.24, 2.45) is 0 Å². The molecule has 166 valence electrons. The Morgan fingerprint density at radius 2 is 0.966 bits per heavy atom. The molecule has 0 N–H and O–H groups in total. The van der Waals surface area contributed by atoms with Crippen LogP contribution in [0.2, 0.25) is 0 Å². The van der Waals surface area contributed by atoms with Crippen molar-refractivity contribution < 1.29 is 48.6 Å². The molecule has 0 heterocycles. The van der Waals surface area contributed by atoms with Gasteiger partial charge in [-0.05, 0) is 12.8 Å². The van der Waals surface area contributed by atoms with E-state index < -0.39 is 5.97 Å². The summed E-state index contributed by atoms with van der Waals surface area (Å²) in [6, 6.07) is 0. The predicted octanol–water partition coefficient (Wildman–Crippen LogP) is 3.95. The molecule has 5 heteroatoms. The molecule has 0 spiro atoms. The Labute approximate surface area is 202 Å². The van der Waals surface area contributed by atoms with Crippen molar-refractivity contribution in [3.63, 3.8) is 0 Å². The van der Waals surface area contributed by atoms with Crippen molar-refractivity contribution in [2.75, 3.05) is 13.2 Å². The summed E-state index contributed by atoms with van der Waals surface area (Å²) in [5, 5.41) is 0. The summed E-state index contributed by atoms with van der Waals surface area (Å²) in [5.74, 6) is -0.751. The molecule has 0 aromatic heterocycles. The summed E-state index contributed by atoms with van der Waals surface area (Å²) in [6.45, 7) is 5.34. The maximum Gasteiger partial charge on any atom is 1.00 e. The van der Waals surface area contributed by atoms with Gasteiger partial charge in [0.15, 0.2) is 5.97 Å². The number of carbonyl (C=O) groups excluding carboxylic acids is 2. The molecule has 0 saturated carbocycles. The summed E-state index contributed by atoms with van der Waals surface area (Å²) >= 11 is 0. The van der Waals surface area contributed by atoms with Crippen LogP contribution >= 0.6 is 0 Å². The first-order valence-electron chi connectivity index (χ1n) is 11.9. The smallest absolute Gasteiger partial charge is 0.488 e. The maximum absolute atomic E-state index is 11.6. The number of unbranched alkanes of at least 4 members (excludes halogenated alkanes) is 14. The van der Waals surface area contributed by atoms with Gasteiger partial charge >= 0.3 is 29.6 Å². The monoisotopic (exact) mass is 420 g/mol. The number of carbonyl (C=O) groups is 2. The van der Waals surface area contributed by atoms with Gasteiger partial charge in [-0.1, -0.05) is 110 Å². The standard InChI is InChI=1S/C24H45O4.Na/c1-3-5-7-9-11-13-15-17-21-27-23(25)19-20-24(26)28-22-18-16-14-12-10-8-6-4-2;/h19H,3-18,20-22H2,1-2H3;/q-1;+1. The average Bonchev–Trinajstić information content (AvgIpc) is 2.69. The SMILES string of the molecule is CCCCCCCCCCOC(=O)[CH-]CC(=O)OCCCCCCCCCC.[Na+]. The van der Waals surface area contributed by atoms with Gasteiger partial charge in [0.25, 0.3) is 5.97 Å². The van der Waals surface area contributed by atoms with Gasteiger partial charge in [-0.2, -0.15) is 0 Å². The zero-order valence-corrected chi connectivity index (χ0v) is 21.6. The first-order valence-corrected chi connectivity index (χ1v) is 11.9.